The van der Waals surface area contributed by atoms with Gasteiger partial charge in [0.2, 0.25) is 0 Å². The molecule has 18 heavy (non-hydrogen) atoms. The summed E-state index contributed by atoms with van der Waals surface area (Å²) in [6, 6.07) is 0.384. The zero-order valence-electron chi connectivity index (χ0n) is 11.9. The zero-order chi connectivity index (χ0) is 13.2. The molecular weight excluding hydrogens is 246 g/mol. The fourth-order valence-electron chi connectivity index (χ4n) is 3.57. The Hall–Kier alpha value is 0.0700. The van der Waals surface area contributed by atoms with Crippen molar-refractivity contribution in [1.82, 2.24) is 5.32 Å². The minimum atomic E-state index is -0.712. The van der Waals surface area contributed by atoms with Crippen molar-refractivity contribution in [2.24, 2.45) is 5.41 Å². The first-order valence-electron chi connectivity index (χ1n) is 7.20. The lowest BCUT2D eigenvalue weighted by Crippen LogP contribution is -2.54. The number of hydrogen-bond donors (Lipinski definition) is 1. The van der Waals surface area contributed by atoms with Crippen molar-refractivity contribution in [1.29, 1.82) is 0 Å². The van der Waals surface area contributed by atoms with Gasteiger partial charge >= 0.3 is 0 Å². The van der Waals surface area contributed by atoms with E-state index in [0.717, 1.165) is 32.5 Å². The van der Waals surface area contributed by atoms with E-state index in [-0.39, 0.29) is 5.41 Å². The number of hydrogen-bond acceptors (Lipinski definition) is 3. The SMILES string of the molecule is CNC1C(S(=O)C2CCOCC2)CCCC1(C)C. The number of ether oxygens (including phenoxy) is 1. The Labute approximate surface area is 114 Å². The standard InChI is InChI=1S/C14H27NO2S/c1-14(2)8-4-5-12(13(14)15-3)18(16)11-6-9-17-10-7-11/h11-13,15H,4-10H2,1-3H3. The molecule has 0 aromatic rings. The molecule has 2 fully saturated rings. The molecule has 4 heteroatoms. The molecule has 3 nitrogen and oxygen atoms in total. The highest BCUT2D eigenvalue weighted by Crippen LogP contribution is 2.39. The Kier molecular flexibility index (Phi) is 4.84. The molecule has 1 saturated heterocycles. The summed E-state index contributed by atoms with van der Waals surface area (Å²) in [5.41, 5.74) is 0.262. The van der Waals surface area contributed by atoms with Crippen LogP contribution in [0.1, 0.15) is 46.0 Å². The van der Waals surface area contributed by atoms with Gasteiger partial charge in [-0.05, 0) is 38.1 Å². The van der Waals surface area contributed by atoms with Crippen LogP contribution >= 0.6 is 0 Å². The first kappa shape index (κ1) is 14.5. The summed E-state index contributed by atoms with van der Waals surface area (Å²) in [5.74, 6) is 0. The number of rotatable bonds is 3. The van der Waals surface area contributed by atoms with Crippen molar-refractivity contribution < 1.29 is 8.95 Å². The smallest absolute Gasteiger partial charge is 0.0509 e. The molecule has 3 unspecified atom stereocenters. The lowest BCUT2D eigenvalue weighted by Gasteiger charge is -2.44. The van der Waals surface area contributed by atoms with Gasteiger partial charge in [-0.3, -0.25) is 4.21 Å². The summed E-state index contributed by atoms with van der Waals surface area (Å²) >= 11 is 0. The Morgan fingerprint density at radius 3 is 2.50 bits per heavy atom. The van der Waals surface area contributed by atoms with Gasteiger partial charge in [-0.2, -0.15) is 0 Å². The minimum Gasteiger partial charge on any atom is -0.381 e. The Balaban J connectivity index is 2.07. The van der Waals surface area contributed by atoms with E-state index < -0.39 is 10.8 Å². The maximum atomic E-state index is 12.8. The average Bonchev–Trinajstić information content (AvgIpc) is 2.37. The Bertz CT molecular complexity index is 300. The molecule has 3 atom stereocenters. The molecule has 0 radical (unpaired) electrons. The molecule has 0 aromatic heterocycles. The molecule has 0 aromatic carbocycles. The lowest BCUT2D eigenvalue weighted by molar-refractivity contribution is 0.0985. The van der Waals surface area contributed by atoms with Gasteiger partial charge in [0.1, 0.15) is 0 Å². The van der Waals surface area contributed by atoms with Gasteiger partial charge in [-0.25, -0.2) is 0 Å². The van der Waals surface area contributed by atoms with E-state index in [1.54, 1.807) is 0 Å². The molecule has 1 aliphatic heterocycles. The van der Waals surface area contributed by atoms with Crippen LogP contribution in [0, 0.1) is 5.41 Å². The van der Waals surface area contributed by atoms with E-state index in [2.05, 4.69) is 19.2 Å². The van der Waals surface area contributed by atoms with Gasteiger partial charge in [0.25, 0.3) is 0 Å². The number of nitrogens with one attached hydrogen (secondary N) is 1. The Morgan fingerprint density at radius 1 is 1.22 bits per heavy atom. The van der Waals surface area contributed by atoms with E-state index in [4.69, 9.17) is 4.74 Å². The largest absolute Gasteiger partial charge is 0.381 e. The van der Waals surface area contributed by atoms with Crippen LogP contribution in [0.25, 0.3) is 0 Å². The summed E-state index contributed by atoms with van der Waals surface area (Å²) in [6.07, 6.45) is 5.50. The van der Waals surface area contributed by atoms with Gasteiger partial charge in [0.15, 0.2) is 0 Å². The monoisotopic (exact) mass is 273 g/mol. The van der Waals surface area contributed by atoms with Crippen LogP contribution in [0.5, 0.6) is 0 Å². The van der Waals surface area contributed by atoms with E-state index in [0.29, 0.717) is 16.5 Å². The topological polar surface area (TPSA) is 38.3 Å². The van der Waals surface area contributed by atoms with Crippen LogP contribution in [0.15, 0.2) is 0 Å². The summed E-state index contributed by atoms with van der Waals surface area (Å²) < 4.78 is 18.2. The van der Waals surface area contributed by atoms with Gasteiger partial charge in [0.05, 0.1) is 5.25 Å². The molecular formula is C14H27NO2S. The van der Waals surface area contributed by atoms with Crippen molar-refractivity contribution in [3.8, 4) is 0 Å². The summed E-state index contributed by atoms with van der Waals surface area (Å²) in [5, 5.41) is 4.12. The summed E-state index contributed by atoms with van der Waals surface area (Å²) in [7, 11) is 1.31. The fraction of sp³-hybridized carbons (Fsp3) is 1.00. The zero-order valence-corrected chi connectivity index (χ0v) is 12.7. The second kappa shape index (κ2) is 6.02. The van der Waals surface area contributed by atoms with Crippen molar-refractivity contribution in [2.75, 3.05) is 20.3 Å². The van der Waals surface area contributed by atoms with Gasteiger partial charge in [-0.15, -0.1) is 0 Å². The third kappa shape index (κ3) is 2.97. The van der Waals surface area contributed by atoms with Gasteiger partial charge in [0, 0.05) is 35.3 Å². The fourth-order valence-corrected chi connectivity index (χ4v) is 5.89. The highest BCUT2D eigenvalue weighted by Gasteiger charge is 2.42. The highest BCUT2D eigenvalue weighted by atomic mass is 32.2. The summed E-state index contributed by atoms with van der Waals surface area (Å²) in [6.45, 7) is 6.19. The predicted molar refractivity (Wildman–Crippen MR) is 76.3 cm³/mol. The van der Waals surface area contributed by atoms with Crippen molar-refractivity contribution in [3.05, 3.63) is 0 Å². The molecule has 1 heterocycles. The van der Waals surface area contributed by atoms with Crippen molar-refractivity contribution in [3.63, 3.8) is 0 Å². The van der Waals surface area contributed by atoms with Gasteiger partial charge in [-0.1, -0.05) is 20.3 Å². The maximum Gasteiger partial charge on any atom is 0.0509 e. The molecule has 2 aliphatic rings. The lowest BCUT2D eigenvalue weighted by atomic mass is 9.73. The van der Waals surface area contributed by atoms with Crippen LogP contribution in [-0.2, 0) is 15.5 Å². The molecule has 1 saturated carbocycles. The van der Waals surface area contributed by atoms with Crippen LogP contribution < -0.4 is 5.32 Å². The first-order chi connectivity index (χ1) is 8.56. The second-order valence-electron chi connectivity index (χ2n) is 6.33. The van der Waals surface area contributed by atoms with E-state index >= 15 is 0 Å². The molecule has 0 amide bonds. The predicted octanol–water partition coefficient (Wildman–Crippen LogP) is 2.08. The highest BCUT2D eigenvalue weighted by molar-refractivity contribution is 7.86. The van der Waals surface area contributed by atoms with Crippen LogP contribution in [-0.4, -0.2) is 41.0 Å². The molecule has 106 valence electrons. The Morgan fingerprint density at radius 2 is 1.89 bits per heavy atom. The van der Waals surface area contributed by atoms with E-state index in [1.165, 1.54) is 12.8 Å². The van der Waals surface area contributed by atoms with Gasteiger partial charge < -0.3 is 10.1 Å². The molecule has 2 rings (SSSR count). The second-order valence-corrected chi connectivity index (χ2v) is 8.26. The molecule has 1 aliphatic carbocycles. The first-order valence-corrected chi connectivity index (χ1v) is 8.48. The van der Waals surface area contributed by atoms with Crippen LogP contribution in [0.4, 0.5) is 0 Å². The molecule has 0 spiro atoms. The maximum absolute atomic E-state index is 12.8. The van der Waals surface area contributed by atoms with E-state index in [1.807, 2.05) is 7.05 Å². The van der Waals surface area contributed by atoms with Crippen LogP contribution in [0.3, 0.4) is 0 Å². The average molecular weight is 273 g/mol. The van der Waals surface area contributed by atoms with E-state index in [9.17, 15) is 4.21 Å². The summed E-state index contributed by atoms with van der Waals surface area (Å²) in [4.78, 5) is 0. The van der Waals surface area contributed by atoms with Crippen molar-refractivity contribution in [2.45, 2.75) is 62.5 Å². The van der Waals surface area contributed by atoms with Crippen LogP contribution in [0.2, 0.25) is 0 Å². The minimum absolute atomic E-state index is 0.262. The van der Waals surface area contributed by atoms with Crippen molar-refractivity contribution >= 4 is 10.8 Å². The quantitative estimate of drug-likeness (QED) is 0.855. The third-order valence-electron chi connectivity index (χ3n) is 4.63. The molecule has 0 bridgehead atoms. The normalized spacial score (nSPS) is 35.3. The molecule has 1 N–H and O–H groups in total. The third-order valence-corrected chi connectivity index (χ3v) is 6.86.